The maximum absolute atomic E-state index is 4.92. The molecule has 0 aliphatic heterocycles. The van der Waals surface area contributed by atoms with Gasteiger partial charge in [0.15, 0.2) is 0 Å². The third kappa shape index (κ3) is 4.08. The third-order valence-corrected chi connectivity index (χ3v) is 1.19. The molecule has 0 saturated heterocycles. The SMILES string of the molecule is C#[C][Cu][CH2]CC. The summed E-state index contributed by atoms with van der Waals surface area (Å²) < 4.78 is 0. The first kappa shape index (κ1) is 6.08. The van der Waals surface area contributed by atoms with Crippen LogP contribution in [0.3, 0.4) is 0 Å². The first-order valence-electron chi connectivity index (χ1n) is 1.86. The van der Waals surface area contributed by atoms with Crippen molar-refractivity contribution < 1.29 is 15.0 Å². The van der Waals surface area contributed by atoms with E-state index in [1.807, 2.05) is 0 Å². The predicted molar refractivity (Wildman–Crippen MR) is 23.9 cm³/mol. The van der Waals surface area contributed by atoms with E-state index in [-0.39, 0.29) is 0 Å². The Kier molecular flexibility index (Phi) is 5.15. The Hall–Kier alpha value is 0.0795. The van der Waals surface area contributed by atoms with Crippen LogP contribution in [0.25, 0.3) is 0 Å². The van der Waals surface area contributed by atoms with Gasteiger partial charge in [-0.3, -0.25) is 0 Å². The van der Waals surface area contributed by atoms with Crippen molar-refractivity contribution in [1.82, 2.24) is 0 Å². The van der Waals surface area contributed by atoms with Gasteiger partial charge in [0.1, 0.15) is 0 Å². The van der Waals surface area contributed by atoms with Crippen LogP contribution in [-0.2, 0) is 15.0 Å². The van der Waals surface area contributed by atoms with Gasteiger partial charge in [0.2, 0.25) is 0 Å². The summed E-state index contributed by atoms with van der Waals surface area (Å²) in [4.78, 5) is 2.47. The summed E-state index contributed by atoms with van der Waals surface area (Å²) in [6, 6.07) is 0. The van der Waals surface area contributed by atoms with Gasteiger partial charge in [0, 0.05) is 0 Å². The topological polar surface area (TPSA) is 0 Å². The van der Waals surface area contributed by atoms with Crippen molar-refractivity contribution in [3.8, 4) is 11.2 Å². The molecule has 0 aromatic rings. The van der Waals surface area contributed by atoms with E-state index in [9.17, 15) is 0 Å². The zero-order chi connectivity index (χ0) is 4.83. The summed E-state index contributed by atoms with van der Waals surface area (Å²) in [5.74, 6) is 0. The van der Waals surface area contributed by atoms with Crippen LogP contribution in [0, 0.1) is 11.2 Å². The molecule has 0 aliphatic carbocycles. The van der Waals surface area contributed by atoms with Crippen molar-refractivity contribution in [2.75, 3.05) is 0 Å². The number of hydrogen-bond donors (Lipinski definition) is 0. The molecule has 0 nitrogen and oxygen atoms in total. The minimum atomic E-state index is 1.08. The second-order valence-corrected chi connectivity index (χ2v) is 1.92. The van der Waals surface area contributed by atoms with Crippen molar-refractivity contribution in [1.29, 1.82) is 0 Å². The molecular weight excluding hydrogens is 124 g/mol. The van der Waals surface area contributed by atoms with Crippen LogP contribution in [0.5, 0.6) is 0 Å². The first-order chi connectivity index (χ1) is 2.91. The van der Waals surface area contributed by atoms with Crippen LogP contribution < -0.4 is 0 Å². The van der Waals surface area contributed by atoms with Crippen molar-refractivity contribution >= 4 is 0 Å². The van der Waals surface area contributed by atoms with Crippen LogP contribution >= 0.6 is 0 Å². The van der Waals surface area contributed by atoms with Gasteiger partial charge in [-0.15, -0.1) is 0 Å². The van der Waals surface area contributed by atoms with E-state index in [0.29, 0.717) is 0 Å². The Balaban J connectivity index is 2.54. The molecule has 0 aliphatic rings. The standard InChI is InChI=1S/C3H7.C2H.Cu/c1-3-2;1-2;/h1,3H2,2H3;1H;. The number of rotatable bonds is 2. The summed E-state index contributed by atoms with van der Waals surface area (Å²) in [7, 11) is 0. The normalized spacial score (nSPS) is 8.00. The van der Waals surface area contributed by atoms with E-state index >= 15 is 0 Å². The average molecular weight is 132 g/mol. The molecule has 0 N–H and O–H groups in total. The average Bonchev–Trinajstić information content (AvgIpc) is 1.61. The van der Waals surface area contributed by atoms with E-state index in [1.165, 1.54) is 6.42 Å². The zero-order valence-electron chi connectivity index (χ0n) is 3.79. The van der Waals surface area contributed by atoms with E-state index in [0.717, 1.165) is 5.32 Å². The fourth-order valence-corrected chi connectivity index (χ4v) is 0.490. The summed E-state index contributed by atoms with van der Waals surface area (Å²) in [5.41, 5.74) is 0. The van der Waals surface area contributed by atoms with Crippen molar-refractivity contribution in [2.24, 2.45) is 0 Å². The summed E-state index contributed by atoms with van der Waals surface area (Å²) >= 11 is 1.61. The Morgan fingerprint density at radius 1 is 1.83 bits per heavy atom. The maximum atomic E-state index is 4.92. The summed E-state index contributed by atoms with van der Waals surface area (Å²) in [6.07, 6.45) is 6.09. The molecule has 6 heavy (non-hydrogen) atoms. The monoisotopic (exact) mass is 131 g/mol. The molecule has 0 heterocycles. The molecule has 0 aromatic heterocycles. The first-order valence-corrected chi connectivity index (χ1v) is 3.00. The molecular formula is C5H8Cu. The Morgan fingerprint density at radius 2 is 2.50 bits per heavy atom. The van der Waals surface area contributed by atoms with E-state index in [4.69, 9.17) is 6.42 Å². The fraction of sp³-hybridized carbons (Fsp3) is 0.600. The van der Waals surface area contributed by atoms with Gasteiger partial charge in [0.25, 0.3) is 0 Å². The molecule has 0 rings (SSSR count). The minimum absolute atomic E-state index is 1.08. The van der Waals surface area contributed by atoms with Gasteiger partial charge in [-0.2, -0.15) is 0 Å². The molecule has 0 fully saturated rings. The van der Waals surface area contributed by atoms with Gasteiger partial charge in [0.05, 0.1) is 0 Å². The molecule has 0 radical (unpaired) electrons. The van der Waals surface area contributed by atoms with Crippen molar-refractivity contribution in [3.05, 3.63) is 0 Å². The second kappa shape index (κ2) is 5.08. The number of terminal acetylenes is 1. The second-order valence-electron chi connectivity index (χ2n) is 0.844. The molecule has 39 valence electrons. The van der Waals surface area contributed by atoms with Crippen LogP contribution in [0.15, 0.2) is 0 Å². The Morgan fingerprint density at radius 3 is 2.67 bits per heavy atom. The van der Waals surface area contributed by atoms with Gasteiger partial charge in [-0.25, -0.2) is 0 Å². The Bertz CT molecular complexity index is 51.4. The molecule has 0 aromatic carbocycles. The van der Waals surface area contributed by atoms with Gasteiger partial charge in [-0.05, 0) is 0 Å². The van der Waals surface area contributed by atoms with Crippen molar-refractivity contribution in [2.45, 2.75) is 18.7 Å². The summed E-state index contributed by atoms with van der Waals surface area (Å²) in [6.45, 7) is 2.11. The van der Waals surface area contributed by atoms with E-state index in [1.54, 1.807) is 15.0 Å². The van der Waals surface area contributed by atoms with Crippen LogP contribution in [0.4, 0.5) is 0 Å². The zero-order valence-corrected chi connectivity index (χ0v) is 4.73. The third-order valence-electron chi connectivity index (χ3n) is 0.288. The molecule has 0 saturated carbocycles. The van der Waals surface area contributed by atoms with Crippen LogP contribution in [0.2, 0.25) is 5.32 Å². The van der Waals surface area contributed by atoms with Gasteiger partial charge >= 0.3 is 44.9 Å². The van der Waals surface area contributed by atoms with E-state index in [2.05, 4.69) is 11.7 Å². The molecule has 0 unspecified atom stereocenters. The van der Waals surface area contributed by atoms with Gasteiger partial charge < -0.3 is 0 Å². The van der Waals surface area contributed by atoms with E-state index < -0.39 is 0 Å². The quantitative estimate of drug-likeness (QED) is 0.303. The fourth-order valence-electron chi connectivity index (χ4n) is 0.119. The molecule has 0 atom stereocenters. The molecule has 0 amide bonds. The van der Waals surface area contributed by atoms with Crippen LogP contribution in [0.1, 0.15) is 13.3 Å². The Labute approximate surface area is 45.5 Å². The number of hydrogen-bond acceptors (Lipinski definition) is 0. The van der Waals surface area contributed by atoms with Crippen LogP contribution in [-0.4, -0.2) is 0 Å². The van der Waals surface area contributed by atoms with Gasteiger partial charge in [-0.1, -0.05) is 0 Å². The molecule has 0 spiro atoms. The molecule has 1 heteroatoms. The van der Waals surface area contributed by atoms with Crippen molar-refractivity contribution in [3.63, 3.8) is 0 Å². The predicted octanol–water partition coefficient (Wildman–Crippen LogP) is 1.49. The molecule has 0 bridgehead atoms. The summed E-state index contributed by atoms with van der Waals surface area (Å²) in [5, 5.41) is 1.08.